The van der Waals surface area contributed by atoms with Gasteiger partial charge in [0, 0.05) is 12.5 Å². The Balaban J connectivity index is 1.58. The van der Waals surface area contributed by atoms with Gasteiger partial charge in [-0.2, -0.15) is 0 Å². The molecular formula is C19H22N2O2S. The first-order valence-corrected chi connectivity index (χ1v) is 9.10. The highest BCUT2D eigenvalue weighted by atomic mass is 32.1. The van der Waals surface area contributed by atoms with E-state index in [1.54, 1.807) is 0 Å². The van der Waals surface area contributed by atoms with Gasteiger partial charge in [0.1, 0.15) is 0 Å². The Bertz CT molecular complexity index is 735. The average Bonchev–Trinajstić information content (AvgIpc) is 3.37. The lowest BCUT2D eigenvalue weighted by atomic mass is 10.0. The van der Waals surface area contributed by atoms with Crippen LogP contribution in [0.25, 0.3) is 0 Å². The van der Waals surface area contributed by atoms with Crippen molar-refractivity contribution in [2.45, 2.75) is 32.6 Å². The molecule has 1 fully saturated rings. The zero-order valence-corrected chi connectivity index (χ0v) is 14.8. The minimum absolute atomic E-state index is 0.0703. The Hall–Kier alpha value is -2.14. The van der Waals surface area contributed by atoms with Gasteiger partial charge in [0.25, 0.3) is 5.91 Å². The largest absolute Gasteiger partial charge is 0.351 e. The van der Waals surface area contributed by atoms with E-state index in [0.29, 0.717) is 11.4 Å². The first kappa shape index (κ1) is 16.7. The summed E-state index contributed by atoms with van der Waals surface area (Å²) in [4.78, 5) is 24.9. The highest BCUT2D eigenvalue weighted by molar-refractivity contribution is 7.18. The van der Waals surface area contributed by atoms with Crippen LogP contribution in [0.5, 0.6) is 0 Å². The first-order chi connectivity index (χ1) is 11.5. The monoisotopic (exact) mass is 342 g/mol. The molecule has 2 amide bonds. The number of aryl methyl sites for hydroxylation is 1. The number of hydrogen-bond donors (Lipinski definition) is 2. The number of rotatable bonds is 6. The molecule has 1 unspecified atom stereocenters. The predicted octanol–water partition coefficient (Wildman–Crippen LogP) is 3.94. The second-order valence-corrected chi connectivity index (χ2v) is 7.46. The van der Waals surface area contributed by atoms with Crippen LogP contribution in [0.3, 0.4) is 0 Å². The van der Waals surface area contributed by atoms with Crippen molar-refractivity contribution in [1.29, 1.82) is 0 Å². The van der Waals surface area contributed by atoms with Gasteiger partial charge in [-0.25, -0.2) is 0 Å². The van der Waals surface area contributed by atoms with Crippen LogP contribution in [0.2, 0.25) is 0 Å². The molecule has 5 heteroatoms. The number of nitrogens with one attached hydrogen (secondary N) is 2. The van der Waals surface area contributed by atoms with E-state index in [2.05, 4.69) is 29.7 Å². The average molecular weight is 342 g/mol. The fraction of sp³-hybridized carbons (Fsp3) is 0.368. The van der Waals surface area contributed by atoms with Crippen molar-refractivity contribution in [2.75, 3.05) is 11.9 Å². The van der Waals surface area contributed by atoms with Crippen molar-refractivity contribution < 1.29 is 9.59 Å². The Kier molecular flexibility index (Phi) is 5.00. The SMILES string of the molecule is Cc1cc(NC(=O)C2CC2)sc1C(=O)NCC(C)c1ccccc1. The molecule has 0 aliphatic heterocycles. The minimum Gasteiger partial charge on any atom is -0.351 e. The van der Waals surface area contributed by atoms with E-state index in [9.17, 15) is 9.59 Å². The Morgan fingerprint density at radius 1 is 1.25 bits per heavy atom. The number of carbonyl (C=O) groups excluding carboxylic acids is 2. The fourth-order valence-corrected chi connectivity index (χ4v) is 3.56. The maximum absolute atomic E-state index is 12.4. The van der Waals surface area contributed by atoms with Gasteiger partial charge in [0.05, 0.1) is 9.88 Å². The smallest absolute Gasteiger partial charge is 0.261 e. The van der Waals surface area contributed by atoms with Crippen molar-refractivity contribution in [1.82, 2.24) is 5.32 Å². The summed E-state index contributed by atoms with van der Waals surface area (Å²) in [5.74, 6) is 0.411. The zero-order chi connectivity index (χ0) is 17.1. The van der Waals surface area contributed by atoms with Crippen LogP contribution in [0.1, 0.15) is 46.5 Å². The maximum atomic E-state index is 12.4. The number of thiophene rings is 1. The number of benzene rings is 1. The van der Waals surface area contributed by atoms with Crippen LogP contribution < -0.4 is 10.6 Å². The van der Waals surface area contributed by atoms with E-state index in [0.717, 1.165) is 23.4 Å². The van der Waals surface area contributed by atoms with E-state index in [1.165, 1.54) is 16.9 Å². The minimum atomic E-state index is -0.0767. The second kappa shape index (κ2) is 7.18. The third kappa shape index (κ3) is 4.03. The van der Waals surface area contributed by atoms with Crippen LogP contribution >= 0.6 is 11.3 Å². The van der Waals surface area contributed by atoms with Crippen molar-refractivity contribution in [3.63, 3.8) is 0 Å². The number of hydrogen-bond acceptors (Lipinski definition) is 3. The summed E-state index contributed by atoms with van der Waals surface area (Å²) in [6, 6.07) is 12.0. The van der Waals surface area contributed by atoms with E-state index in [-0.39, 0.29) is 23.7 Å². The summed E-state index contributed by atoms with van der Waals surface area (Å²) in [6.07, 6.45) is 1.95. The lowest BCUT2D eigenvalue weighted by Crippen LogP contribution is -2.27. The van der Waals surface area contributed by atoms with Gasteiger partial charge in [-0.05, 0) is 42.9 Å². The molecule has 1 aliphatic rings. The summed E-state index contributed by atoms with van der Waals surface area (Å²) in [6.45, 7) is 4.58. The molecule has 1 aliphatic carbocycles. The fourth-order valence-electron chi connectivity index (χ4n) is 2.56. The molecule has 1 heterocycles. The number of amides is 2. The molecule has 4 nitrogen and oxygen atoms in total. The Morgan fingerprint density at radius 2 is 1.96 bits per heavy atom. The lowest BCUT2D eigenvalue weighted by molar-refractivity contribution is -0.117. The number of anilines is 1. The van der Waals surface area contributed by atoms with Gasteiger partial charge in [0.15, 0.2) is 0 Å². The van der Waals surface area contributed by atoms with E-state index >= 15 is 0 Å². The molecule has 0 spiro atoms. The third-order valence-corrected chi connectivity index (χ3v) is 5.41. The van der Waals surface area contributed by atoms with E-state index in [1.807, 2.05) is 31.2 Å². The zero-order valence-electron chi connectivity index (χ0n) is 14.0. The lowest BCUT2D eigenvalue weighted by Gasteiger charge is -2.12. The van der Waals surface area contributed by atoms with E-state index in [4.69, 9.17) is 0 Å². The van der Waals surface area contributed by atoms with Gasteiger partial charge >= 0.3 is 0 Å². The normalized spacial score (nSPS) is 14.9. The highest BCUT2D eigenvalue weighted by Gasteiger charge is 2.30. The molecule has 3 rings (SSSR count). The molecule has 0 radical (unpaired) electrons. The molecule has 1 aromatic heterocycles. The van der Waals surface area contributed by atoms with Crippen LogP contribution in [0.15, 0.2) is 36.4 Å². The number of carbonyl (C=O) groups is 2. The second-order valence-electron chi connectivity index (χ2n) is 6.41. The maximum Gasteiger partial charge on any atom is 0.261 e. The summed E-state index contributed by atoms with van der Waals surface area (Å²) < 4.78 is 0. The van der Waals surface area contributed by atoms with Gasteiger partial charge in [-0.1, -0.05) is 37.3 Å². The summed E-state index contributed by atoms with van der Waals surface area (Å²) >= 11 is 1.34. The standard InChI is InChI=1S/C19H22N2O2S/c1-12-10-16(21-18(22)15-8-9-15)24-17(12)19(23)20-11-13(2)14-6-4-3-5-7-14/h3-7,10,13,15H,8-9,11H2,1-2H3,(H,20,23)(H,21,22). The summed E-state index contributed by atoms with van der Waals surface area (Å²) in [7, 11) is 0. The summed E-state index contributed by atoms with van der Waals surface area (Å²) in [5, 5.41) is 6.66. The van der Waals surface area contributed by atoms with E-state index < -0.39 is 0 Å². The van der Waals surface area contributed by atoms with Crippen LogP contribution in [0.4, 0.5) is 5.00 Å². The first-order valence-electron chi connectivity index (χ1n) is 8.29. The Morgan fingerprint density at radius 3 is 2.62 bits per heavy atom. The Labute approximate surface area is 146 Å². The predicted molar refractivity (Wildman–Crippen MR) is 97.6 cm³/mol. The molecule has 2 N–H and O–H groups in total. The topological polar surface area (TPSA) is 58.2 Å². The molecule has 0 bridgehead atoms. The molecular weight excluding hydrogens is 320 g/mol. The van der Waals surface area contributed by atoms with Crippen molar-refractivity contribution in [3.8, 4) is 0 Å². The van der Waals surface area contributed by atoms with Crippen LogP contribution in [-0.4, -0.2) is 18.4 Å². The molecule has 2 aromatic rings. The van der Waals surface area contributed by atoms with Crippen LogP contribution in [0, 0.1) is 12.8 Å². The van der Waals surface area contributed by atoms with Gasteiger partial charge < -0.3 is 10.6 Å². The van der Waals surface area contributed by atoms with Crippen molar-refractivity contribution >= 4 is 28.2 Å². The van der Waals surface area contributed by atoms with Crippen molar-refractivity contribution in [2.24, 2.45) is 5.92 Å². The molecule has 1 saturated carbocycles. The molecule has 24 heavy (non-hydrogen) atoms. The molecule has 1 atom stereocenters. The van der Waals surface area contributed by atoms with Gasteiger partial charge in [-0.15, -0.1) is 11.3 Å². The van der Waals surface area contributed by atoms with Crippen LogP contribution in [-0.2, 0) is 4.79 Å². The van der Waals surface area contributed by atoms with Gasteiger partial charge in [0.2, 0.25) is 5.91 Å². The molecule has 0 saturated heterocycles. The third-order valence-electron chi connectivity index (χ3n) is 4.26. The summed E-state index contributed by atoms with van der Waals surface area (Å²) in [5.41, 5.74) is 2.11. The molecule has 1 aromatic carbocycles. The molecule has 126 valence electrons. The van der Waals surface area contributed by atoms with Gasteiger partial charge in [-0.3, -0.25) is 9.59 Å². The van der Waals surface area contributed by atoms with Crippen molar-refractivity contribution in [3.05, 3.63) is 52.4 Å². The quantitative estimate of drug-likeness (QED) is 0.835. The highest BCUT2D eigenvalue weighted by Crippen LogP contribution is 2.32.